The molecule has 17 heavy (non-hydrogen) atoms. The van der Waals surface area contributed by atoms with Gasteiger partial charge in [-0.3, -0.25) is 0 Å². The SMILES string of the molecule is CCNC(=NCc1ccco1)NC(C)COC. The molecule has 1 atom stereocenters. The zero-order valence-electron chi connectivity index (χ0n) is 10.7. The van der Waals surface area contributed by atoms with Crippen LogP contribution < -0.4 is 10.6 Å². The second kappa shape index (κ2) is 7.73. The molecule has 0 saturated heterocycles. The number of guanidine groups is 1. The van der Waals surface area contributed by atoms with Crippen LogP contribution in [0.5, 0.6) is 0 Å². The van der Waals surface area contributed by atoms with Gasteiger partial charge in [-0.05, 0) is 26.0 Å². The summed E-state index contributed by atoms with van der Waals surface area (Å²) in [6.07, 6.45) is 1.65. The second-order valence-corrected chi connectivity index (χ2v) is 3.78. The van der Waals surface area contributed by atoms with Crippen LogP contribution in [0.15, 0.2) is 27.8 Å². The first kappa shape index (κ1) is 13.6. The van der Waals surface area contributed by atoms with E-state index in [1.54, 1.807) is 13.4 Å². The molecule has 0 aliphatic heterocycles. The molecular formula is C12H21N3O2. The minimum absolute atomic E-state index is 0.217. The van der Waals surface area contributed by atoms with Crippen molar-refractivity contribution in [2.75, 3.05) is 20.3 Å². The fourth-order valence-electron chi connectivity index (χ4n) is 1.40. The van der Waals surface area contributed by atoms with E-state index in [1.807, 2.05) is 26.0 Å². The molecule has 0 spiro atoms. The highest BCUT2D eigenvalue weighted by molar-refractivity contribution is 5.80. The van der Waals surface area contributed by atoms with E-state index in [1.165, 1.54) is 0 Å². The molecule has 0 radical (unpaired) electrons. The molecule has 1 rings (SSSR count). The van der Waals surface area contributed by atoms with Crippen LogP contribution in [0.1, 0.15) is 19.6 Å². The van der Waals surface area contributed by atoms with Crippen molar-refractivity contribution in [1.29, 1.82) is 0 Å². The molecule has 1 aromatic heterocycles. The van der Waals surface area contributed by atoms with Crippen LogP contribution in [-0.2, 0) is 11.3 Å². The van der Waals surface area contributed by atoms with Crippen molar-refractivity contribution >= 4 is 5.96 Å². The number of hydrogen-bond donors (Lipinski definition) is 2. The zero-order valence-corrected chi connectivity index (χ0v) is 10.7. The largest absolute Gasteiger partial charge is 0.467 e. The van der Waals surface area contributed by atoms with Gasteiger partial charge in [-0.2, -0.15) is 0 Å². The summed E-state index contributed by atoms with van der Waals surface area (Å²) in [5, 5.41) is 6.43. The lowest BCUT2D eigenvalue weighted by Gasteiger charge is -2.16. The molecule has 0 aromatic carbocycles. The minimum Gasteiger partial charge on any atom is -0.467 e. The number of aliphatic imine (C=N–C) groups is 1. The van der Waals surface area contributed by atoms with Gasteiger partial charge < -0.3 is 19.8 Å². The maximum Gasteiger partial charge on any atom is 0.191 e. The first-order valence-electron chi connectivity index (χ1n) is 5.82. The maximum absolute atomic E-state index is 5.23. The Kier molecular flexibility index (Phi) is 6.17. The molecule has 1 heterocycles. The minimum atomic E-state index is 0.217. The third-order valence-electron chi connectivity index (χ3n) is 2.12. The van der Waals surface area contributed by atoms with Crippen molar-refractivity contribution in [2.24, 2.45) is 4.99 Å². The first-order chi connectivity index (χ1) is 8.26. The van der Waals surface area contributed by atoms with Crippen molar-refractivity contribution in [3.8, 4) is 0 Å². The summed E-state index contributed by atoms with van der Waals surface area (Å²) in [6, 6.07) is 3.99. The summed E-state index contributed by atoms with van der Waals surface area (Å²) in [5.74, 6) is 1.62. The predicted molar refractivity (Wildman–Crippen MR) is 68.0 cm³/mol. The van der Waals surface area contributed by atoms with Gasteiger partial charge in [0.25, 0.3) is 0 Å². The van der Waals surface area contributed by atoms with Gasteiger partial charge in [0.15, 0.2) is 5.96 Å². The zero-order chi connectivity index (χ0) is 12.5. The van der Waals surface area contributed by atoms with Gasteiger partial charge >= 0.3 is 0 Å². The standard InChI is InChI=1S/C12H21N3O2/c1-4-13-12(15-10(2)9-16-3)14-8-11-6-5-7-17-11/h5-7,10H,4,8-9H2,1-3H3,(H2,13,14,15). The van der Waals surface area contributed by atoms with E-state index in [4.69, 9.17) is 9.15 Å². The molecule has 96 valence electrons. The van der Waals surface area contributed by atoms with Gasteiger partial charge in [-0.25, -0.2) is 4.99 Å². The summed E-state index contributed by atoms with van der Waals surface area (Å²) < 4.78 is 10.3. The summed E-state index contributed by atoms with van der Waals surface area (Å²) in [4.78, 5) is 4.42. The molecule has 1 unspecified atom stereocenters. The summed E-state index contributed by atoms with van der Waals surface area (Å²) in [6.45, 7) is 6.07. The number of ether oxygens (including phenoxy) is 1. The van der Waals surface area contributed by atoms with Crippen LogP contribution >= 0.6 is 0 Å². The highest BCUT2D eigenvalue weighted by Crippen LogP contribution is 2.01. The van der Waals surface area contributed by atoms with E-state index >= 15 is 0 Å². The molecule has 1 aromatic rings. The van der Waals surface area contributed by atoms with Crippen LogP contribution in [0.3, 0.4) is 0 Å². The maximum atomic E-state index is 5.23. The first-order valence-corrected chi connectivity index (χ1v) is 5.82. The van der Waals surface area contributed by atoms with Crippen LogP contribution in [0.4, 0.5) is 0 Å². The Morgan fingerprint density at radius 3 is 3.00 bits per heavy atom. The van der Waals surface area contributed by atoms with E-state index in [9.17, 15) is 0 Å². The van der Waals surface area contributed by atoms with E-state index in [-0.39, 0.29) is 6.04 Å². The molecule has 5 heteroatoms. The average Bonchev–Trinajstić information content (AvgIpc) is 2.79. The molecule has 0 amide bonds. The van der Waals surface area contributed by atoms with Crippen molar-refractivity contribution in [2.45, 2.75) is 26.4 Å². The molecule has 0 bridgehead atoms. The van der Waals surface area contributed by atoms with E-state index in [2.05, 4.69) is 15.6 Å². The van der Waals surface area contributed by atoms with Crippen molar-refractivity contribution in [1.82, 2.24) is 10.6 Å². The van der Waals surface area contributed by atoms with Gasteiger partial charge in [0.05, 0.1) is 12.9 Å². The topological polar surface area (TPSA) is 58.8 Å². The summed E-state index contributed by atoms with van der Waals surface area (Å²) in [7, 11) is 1.69. The number of hydrogen-bond acceptors (Lipinski definition) is 3. The third kappa shape index (κ3) is 5.40. The molecular weight excluding hydrogens is 218 g/mol. The summed E-state index contributed by atoms with van der Waals surface area (Å²) >= 11 is 0. The van der Waals surface area contributed by atoms with Crippen LogP contribution in [0.2, 0.25) is 0 Å². The molecule has 2 N–H and O–H groups in total. The second-order valence-electron chi connectivity index (χ2n) is 3.78. The fraction of sp³-hybridized carbons (Fsp3) is 0.583. The van der Waals surface area contributed by atoms with E-state index < -0.39 is 0 Å². The normalized spacial score (nSPS) is 13.5. The Morgan fingerprint density at radius 2 is 2.41 bits per heavy atom. The molecule has 0 aliphatic carbocycles. The smallest absolute Gasteiger partial charge is 0.191 e. The van der Waals surface area contributed by atoms with Crippen molar-refractivity contribution in [3.63, 3.8) is 0 Å². The monoisotopic (exact) mass is 239 g/mol. The number of methoxy groups -OCH3 is 1. The Balaban J connectivity index is 2.48. The Hall–Kier alpha value is -1.49. The van der Waals surface area contributed by atoms with Gasteiger partial charge in [0.1, 0.15) is 12.3 Å². The fourth-order valence-corrected chi connectivity index (χ4v) is 1.40. The molecule has 0 saturated carbocycles. The van der Waals surface area contributed by atoms with E-state index in [0.717, 1.165) is 18.3 Å². The van der Waals surface area contributed by atoms with Crippen LogP contribution in [-0.4, -0.2) is 32.3 Å². The average molecular weight is 239 g/mol. The molecule has 0 fully saturated rings. The number of nitrogens with zero attached hydrogens (tertiary/aromatic N) is 1. The number of rotatable bonds is 6. The third-order valence-corrected chi connectivity index (χ3v) is 2.12. The van der Waals surface area contributed by atoms with Gasteiger partial charge in [0.2, 0.25) is 0 Å². The van der Waals surface area contributed by atoms with E-state index in [0.29, 0.717) is 13.2 Å². The lowest BCUT2D eigenvalue weighted by Crippen LogP contribution is -2.43. The Bertz CT molecular complexity index is 323. The lowest BCUT2D eigenvalue weighted by molar-refractivity contribution is 0.179. The number of furan rings is 1. The van der Waals surface area contributed by atoms with Gasteiger partial charge in [-0.15, -0.1) is 0 Å². The Labute approximate surface area is 102 Å². The summed E-state index contributed by atoms with van der Waals surface area (Å²) in [5.41, 5.74) is 0. The predicted octanol–water partition coefficient (Wildman–Crippen LogP) is 1.37. The van der Waals surface area contributed by atoms with Crippen LogP contribution in [0.25, 0.3) is 0 Å². The highest BCUT2D eigenvalue weighted by atomic mass is 16.5. The van der Waals surface area contributed by atoms with Crippen molar-refractivity contribution in [3.05, 3.63) is 24.2 Å². The van der Waals surface area contributed by atoms with Crippen molar-refractivity contribution < 1.29 is 9.15 Å². The number of nitrogens with one attached hydrogen (secondary N) is 2. The molecule has 0 aliphatic rings. The van der Waals surface area contributed by atoms with Crippen LogP contribution in [0, 0.1) is 0 Å². The van der Waals surface area contributed by atoms with Gasteiger partial charge in [-0.1, -0.05) is 0 Å². The quantitative estimate of drug-likeness (QED) is 0.581. The molecule has 5 nitrogen and oxygen atoms in total. The van der Waals surface area contributed by atoms with Gasteiger partial charge in [0, 0.05) is 19.7 Å². The highest BCUT2D eigenvalue weighted by Gasteiger charge is 2.04. The Morgan fingerprint density at radius 1 is 1.59 bits per heavy atom. The lowest BCUT2D eigenvalue weighted by atomic mass is 10.4.